The molecular weight excluding hydrogens is 353 g/mol. The zero-order valence-corrected chi connectivity index (χ0v) is 14.1. The van der Waals surface area contributed by atoms with Gasteiger partial charge < -0.3 is 20.4 Å². The molecule has 7 nitrogen and oxygen atoms in total. The van der Waals surface area contributed by atoms with Crippen molar-refractivity contribution < 1.29 is 27.6 Å². The lowest BCUT2D eigenvalue weighted by Crippen LogP contribution is -2.53. The molecule has 0 spiro atoms. The number of urea groups is 1. The van der Waals surface area contributed by atoms with E-state index in [1.165, 1.54) is 16.8 Å². The van der Waals surface area contributed by atoms with Crippen LogP contribution in [0.3, 0.4) is 0 Å². The molecule has 0 saturated carbocycles. The molecule has 142 valence electrons. The molecule has 10 heteroatoms. The molecule has 1 saturated heterocycles. The zero-order chi connectivity index (χ0) is 19.3. The van der Waals surface area contributed by atoms with Crippen molar-refractivity contribution in [2.45, 2.75) is 6.18 Å². The van der Waals surface area contributed by atoms with Crippen LogP contribution in [0.1, 0.15) is 15.9 Å². The van der Waals surface area contributed by atoms with Gasteiger partial charge in [0.25, 0.3) is 5.91 Å². The number of amides is 4. The Bertz CT molecular complexity index is 668. The molecule has 4 amide bonds. The summed E-state index contributed by atoms with van der Waals surface area (Å²) >= 11 is 0. The zero-order valence-electron chi connectivity index (χ0n) is 14.1. The number of alkyl halides is 3. The van der Waals surface area contributed by atoms with Crippen molar-refractivity contribution in [1.82, 2.24) is 20.4 Å². The Balaban J connectivity index is 1.88. The molecule has 1 aromatic carbocycles. The van der Waals surface area contributed by atoms with Gasteiger partial charge in [0.05, 0.1) is 12.1 Å². The SMILES string of the molecule is CNC(=O)NCC(=O)N1CCN(C(=O)c2ccc(C(F)(F)F)cc2)CC1. The Labute approximate surface area is 148 Å². The van der Waals surface area contributed by atoms with Crippen LogP contribution in [0.25, 0.3) is 0 Å². The molecule has 1 heterocycles. The van der Waals surface area contributed by atoms with Crippen molar-refractivity contribution in [3.63, 3.8) is 0 Å². The average Bonchev–Trinajstić information content (AvgIpc) is 2.64. The average molecular weight is 372 g/mol. The van der Waals surface area contributed by atoms with Gasteiger partial charge in [0.1, 0.15) is 0 Å². The molecular formula is C16H19F3N4O3. The van der Waals surface area contributed by atoms with E-state index in [1.54, 1.807) is 0 Å². The van der Waals surface area contributed by atoms with Crippen LogP contribution in [-0.2, 0) is 11.0 Å². The second kappa shape index (κ2) is 8.07. The fourth-order valence-electron chi connectivity index (χ4n) is 2.50. The number of hydrogen-bond acceptors (Lipinski definition) is 3. The lowest BCUT2D eigenvalue weighted by atomic mass is 10.1. The van der Waals surface area contributed by atoms with Crippen LogP contribution in [0.2, 0.25) is 0 Å². The maximum Gasteiger partial charge on any atom is 0.416 e. The number of hydrogen-bond donors (Lipinski definition) is 2. The molecule has 1 aliphatic heterocycles. The highest BCUT2D eigenvalue weighted by Gasteiger charge is 2.31. The van der Waals surface area contributed by atoms with Gasteiger partial charge in [0, 0.05) is 38.8 Å². The van der Waals surface area contributed by atoms with E-state index in [0.717, 1.165) is 24.3 Å². The van der Waals surface area contributed by atoms with E-state index in [9.17, 15) is 27.6 Å². The van der Waals surface area contributed by atoms with Gasteiger partial charge in [-0.2, -0.15) is 13.2 Å². The van der Waals surface area contributed by atoms with Crippen LogP contribution in [0.15, 0.2) is 24.3 Å². The van der Waals surface area contributed by atoms with Crippen LogP contribution in [0, 0.1) is 0 Å². The van der Waals surface area contributed by atoms with Crippen LogP contribution in [0.5, 0.6) is 0 Å². The summed E-state index contributed by atoms with van der Waals surface area (Å²) in [5.74, 6) is -0.649. The normalized spacial score (nSPS) is 14.8. The van der Waals surface area contributed by atoms with Gasteiger partial charge in [0.15, 0.2) is 0 Å². The van der Waals surface area contributed by atoms with Crippen molar-refractivity contribution in [1.29, 1.82) is 0 Å². The van der Waals surface area contributed by atoms with Gasteiger partial charge in [0.2, 0.25) is 5.91 Å². The van der Waals surface area contributed by atoms with Gasteiger partial charge in [-0.15, -0.1) is 0 Å². The number of nitrogens with zero attached hydrogens (tertiary/aromatic N) is 2. The lowest BCUT2D eigenvalue weighted by Gasteiger charge is -2.34. The van der Waals surface area contributed by atoms with Gasteiger partial charge in [-0.05, 0) is 24.3 Å². The van der Waals surface area contributed by atoms with E-state index in [-0.39, 0.29) is 37.0 Å². The molecule has 0 aromatic heterocycles. The largest absolute Gasteiger partial charge is 0.416 e. The van der Waals surface area contributed by atoms with E-state index >= 15 is 0 Å². The highest BCUT2D eigenvalue weighted by Crippen LogP contribution is 2.29. The van der Waals surface area contributed by atoms with E-state index in [4.69, 9.17) is 0 Å². The predicted octanol–water partition coefficient (Wildman–Crippen LogP) is 0.919. The van der Waals surface area contributed by atoms with Gasteiger partial charge in [-0.1, -0.05) is 0 Å². The molecule has 2 rings (SSSR count). The molecule has 0 bridgehead atoms. The highest BCUT2D eigenvalue weighted by atomic mass is 19.4. The molecule has 1 fully saturated rings. The number of nitrogens with one attached hydrogen (secondary N) is 2. The number of benzene rings is 1. The Hall–Kier alpha value is -2.78. The Morgan fingerprint density at radius 2 is 1.54 bits per heavy atom. The standard InChI is InChI=1S/C16H19F3N4O3/c1-20-15(26)21-10-13(24)22-6-8-23(9-7-22)14(25)11-2-4-12(5-3-11)16(17,18)19/h2-5H,6-10H2,1H3,(H2,20,21,26). The van der Waals surface area contributed by atoms with E-state index in [1.807, 2.05) is 0 Å². The minimum Gasteiger partial charge on any atom is -0.341 e. The number of piperazine rings is 1. The molecule has 0 atom stereocenters. The molecule has 0 radical (unpaired) electrons. The van der Waals surface area contributed by atoms with Gasteiger partial charge in [-0.25, -0.2) is 4.79 Å². The third-order valence-electron chi connectivity index (χ3n) is 4.01. The second-order valence-corrected chi connectivity index (χ2v) is 5.68. The summed E-state index contributed by atoms with van der Waals surface area (Å²) in [6.45, 7) is 0.977. The van der Waals surface area contributed by atoms with Crippen molar-refractivity contribution >= 4 is 17.8 Å². The summed E-state index contributed by atoms with van der Waals surface area (Å²) in [7, 11) is 1.44. The number of carbonyl (C=O) groups is 3. The lowest BCUT2D eigenvalue weighted by molar-refractivity contribution is -0.137. The minimum absolute atomic E-state index is 0.146. The summed E-state index contributed by atoms with van der Waals surface area (Å²) in [6, 6.07) is 3.58. The van der Waals surface area contributed by atoms with E-state index in [0.29, 0.717) is 13.1 Å². The van der Waals surface area contributed by atoms with E-state index in [2.05, 4.69) is 10.6 Å². The Kier molecular flexibility index (Phi) is 6.06. The highest BCUT2D eigenvalue weighted by molar-refractivity contribution is 5.94. The number of carbonyl (C=O) groups excluding carboxylic acids is 3. The summed E-state index contributed by atoms with van der Waals surface area (Å²) in [6.07, 6.45) is -4.45. The van der Waals surface area contributed by atoms with Gasteiger partial charge >= 0.3 is 12.2 Å². The van der Waals surface area contributed by atoms with Crippen LogP contribution in [-0.4, -0.2) is 67.4 Å². The molecule has 26 heavy (non-hydrogen) atoms. The second-order valence-electron chi connectivity index (χ2n) is 5.68. The fourth-order valence-corrected chi connectivity index (χ4v) is 2.50. The molecule has 0 unspecified atom stereocenters. The first kappa shape index (κ1) is 19.5. The predicted molar refractivity (Wildman–Crippen MR) is 86.4 cm³/mol. The van der Waals surface area contributed by atoms with Crippen molar-refractivity contribution in [3.05, 3.63) is 35.4 Å². The van der Waals surface area contributed by atoms with Crippen molar-refractivity contribution in [2.75, 3.05) is 39.8 Å². The molecule has 1 aliphatic rings. The third kappa shape index (κ3) is 4.87. The van der Waals surface area contributed by atoms with E-state index < -0.39 is 17.8 Å². The first-order valence-electron chi connectivity index (χ1n) is 7.92. The van der Waals surface area contributed by atoms with Crippen LogP contribution in [0.4, 0.5) is 18.0 Å². The monoisotopic (exact) mass is 372 g/mol. The molecule has 2 N–H and O–H groups in total. The first-order valence-corrected chi connectivity index (χ1v) is 7.92. The van der Waals surface area contributed by atoms with Gasteiger partial charge in [-0.3, -0.25) is 9.59 Å². The Morgan fingerprint density at radius 1 is 1.00 bits per heavy atom. The van der Waals surface area contributed by atoms with Crippen LogP contribution >= 0.6 is 0 Å². The molecule has 0 aliphatic carbocycles. The Morgan fingerprint density at radius 3 is 2.04 bits per heavy atom. The number of halogens is 3. The van der Waals surface area contributed by atoms with Crippen LogP contribution < -0.4 is 10.6 Å². The summed E-state index contributed by atoms with van der Waals surface area (Å²) in [5, 5.41) is 4.73. The fraction of sp³-hybridized carbons (Fsp3) is 0.438. The first-order chi connectivity index (χ1) is 12.2. The smallest absolute Gasteiger partial charge is 0.341 e. The maximum atomic E-state index is 12.6. The minimum atomic E-state index is -4.45. The molecule has 1 aromatic rings. The van der Waals surface area contributed by atoms with Crippen molar-refractivity contribution in [2.24, 2.45) is 0 Å². The maximum absolute atomic E-state index is 12.6. The topological polar surface area (TPSA) is 81.8 Å². The number of rotatable bonds is 3. The quantitative estimate of drug-likeness (QED) is 0.828. The summed E-state index contributed by atoms with van der Waals surface area (Å²) < 4.78 is 37.7. The van der Waals surface area contributed by atoms with Crippen molar-refractivity contribution in [3.8, 4) is 0 Å². The third-order valence-corrected chi connectivity index (χ3v) is 4.01. The summed E-state index contributed by atoms with van der Waals surface area (Å²) in [5.41, 5.74) is -0.646. The summed E-state index contributed by atoms with van der Waals surface area (Å²) in [4.78, 5) is 38.4.